The molecule has 0 radical (unpaired) electrons. The van der Waals surface area contributed by atoms with Gasteiger partial charge in [0.05, 0.1) is 18.7 Å². The highest BCUT2D eigenvalue weighted by Crippen LogP contribution is 2.11. The molecule has 0 saturated carbocycles. The van der Waals surface area contributed by atoms with Gasteiger partial charge in [0.25, 0.3) is 0 Å². The predicted molar refractivity (Wildman–Crippen MR) is 97.0 cm³/mol. The van der Waals surface area contributed by atoms with Crippen molar-refractivity contribution in [2.24, 2.45) is 0 Å². The van der Waals surface area contributed by atoms with E-state index < -0.39 is 0 Å². The lowest BCUT2D eigenvalue weighted by atomic mass is 10.1. The average Bonchev–Trinajstić information content (AvgIpc) is 2.67. The molecule has 2 aromatic carbocycles. The largest absolute Gasteiger partial charge is 0.489 e. The molecule has 3 aromatic rings. The van der Waals surface area contributed by atoms with Gasteiger partial charge in [-0.2, -0.15) is 0 Å². The van der Waals surface area contributed by atoms with E-state index in [-0.39, 0.29) is 5.91 Å². The molecule has 0 spiro atoms. The third-order valence-electron chi connectivity index (χ3n) is 3.71. The van der Waals surface area contributed by atoms with Crippen LogP contribution >= 0.6 is 0 Å². The van der Waals surface area contributed by atoms with Crippen molar-refractivity contribution in [1.82, 2.24) is 10.3 Å². The lowest BCUT2D eigenvalue weighted by Crippen LogP contribution is -2.25. The van der Waals surface area contributed by atoms with Crippen LogP contribution in [0.25, 0.3) is 0 Å². The maximum Gasteiger partial charge on any atom is 0.224 e. The molecule has 0 saturated heterocycles. The summed E-state index contributed by atoms with van der Waals surface area (Å²) < 4.78 is 5.69. The van der Waals surface area contributed by atoms with Crippen LogP contribution in [0.5, 0.6) is 5.75 Å². The first kappa shape index (κ1) is 16.7. The van der Waals surface area contributed by atoms with E-state index in [2.05, 4.69) is 10.3 Å². The van der Waals surface area contributed by atoms with E-state index >= 15 is 0 Å². The minimum absolute atomic E-state index is 0.00973. The van der Waals surface area contributed by atoms with E-state index in [1.54, 1.807) is 6.20 Å². The van der Waals surface area contributed by atoms with E-state index in [1.165, 1.54) is 0 Å². The molecular formula is C21H20N2O2. The summed E-state index contributed by atoms with van der Waals surface area (Å²) in [6.07, 6.45) is 2.16. The molecule has 3 rings (SSSR count). The molecule has 1 heterocycles. The molecule has 1 N–H and O–H groups in total. The third-order valence-corrected chi connectivity index (χ3v) is 3.71. The fraction of sp³-hybridized carbons (Fsp3) is 0.143. The number of para-hydroxylation sites is 1. The molecule has 4 heteroatoms. The van der Waals surface area contributed by atoms with Gasteiger partial charge in [-0.25, -0.2) is 0 Å². The van der Waals surface area contributed by atoms with Crippen LogP contribution in [-0.2, 0) is 24.4 Å². The van der Waals surface area contributed by atoms with Crippen molar-refractivity contribution in [2.75, 3.05) is 0 Å². The van der Waals surface area contributed by atoms with E-state index in [1.807, 2.05) is 72.8 Å². The topological polar surface area (TPSA) is 51.2 Å². The van der Waals surface area contributed by atoms with Crippen LogP contribution < -0.4 is 10.1 Å². The maximum atomic E-state index is 12.0. The van der Waals surface area contributed by atoms with Crippen LogP contribution in [0.4, 0.5) is 0 Å². The van der Waals surface area contributed by atoms with E-state index in [0.717, 1.165) is 22.6 Å². The number of pyridine rings is 1. The Morgan fingerprint density at radius 2 is 1.60 bits per heavy atom. The quantitative estimate of drug-likeness (QED) is 0.720. The van der Waals surface area contributed by atoms with Gasteiger partial charge in [0.2, 0.25) is 5.91 Å². The molecule has 126 valence electrons. The maximum absolute atomic E-state index is 12.0. The SMILES string of the molecule is O=C(Cc1ccccc1)NCc1ccc(COc2ccccc2)cn1. The minimum Gasteiger partial charge on any atom is -0.489 e. The van der Waals surface area contributed by atoms with Gasteiger partial charge in [-0.3, -0.25) is 9.78 Å². The molecule has 0 aliphatic rings. The number of carbonyl (C=O) groups is 1. The summed E-state index contributed by atoms with van der Waals surface area (Å²) in [6, 6.07) is 23.2. The Labute approximate surface area is 147 Å². The standard InChI is InChI=1S/C21H20N2O2/c24-21(13-17-7-3-1-4-8-17)23-15-19-12-11-18(14-22-19)16-25-20-9-5-2-6-10-20/h1-12,14H,13,15-16H2,(H,23,24). The van der Waals surface area contributed by atoms with Crippen LogP contribution in [-0.4, -0.2) is 10.9 Å². The van der Waals surface area contributed by atoms with Crippen molar-refractivity contribution in [3.63, 3.8) is 0 Å². The molecule has 0 atom stereocenters. The van der Waals surface area contributed by atoms with Gasteiger partial charge in [0.1, 0.15) is 12.4 Å². The molecule has 0 unspecified atom stereocenters. The molecule has 0 bridgehead atoms. The highest BCUT2D eigenvalue weighted by atomic mass is 16.5. The monoisotopic (exact) mass is 332 g/mol. The second kappa shape index (κ2) is 8.64. The van der Waals surface area contributed by atoms with Gasteiger partial charge in [-0.1, -0.05) is 54.6 Å². The number of amides is 1. The lowest BCUT2D eigenvalue weighted by molar-refractivity contribution is -0.120. The zero-order valence-electron chi connectivity index (χ0n) is 13.9. The normalized spacial score (nSPS) is 10.2. The van der Waals surface area contributed by atoms with Crippen molar-refractivity contribution in [3.8, 4) is 5.75 Å². The van der Waals surface area contributed by atoms with Crippen LogP contribution in [0.3, 0.4) is 0 Å². The molecule has 25 heavy (non-hydrogen) atoms. The highest BCUT2D eigenvalue weighted by molar-refractivity contribution is 5.78. The summed E-state index contributed by atoms with van der Waals surface area (Å²) in [6.45, 7) is 0.892. The fourth-order valence-corrected chi connectivity index (χ4v) is 2.36. The Bertz CT molecular complexity index is 787. The zero-order chi connectivity index (χ0) is 17.3. The minimum atomic E-state index is -0.00973. The number of rotatable bonds is 7. The summed E-state index contributed by atoms with van der Waals surface area (Å²) in [5.41, 5.74) is 2.81. The van der Waals surface area contributed by atoms with Gasteiger partial charge in [-0.05, 0) is 23.8 Å². The van der Waals surface area contributed by atoms with Gasteiger partial charge >= 0.3 is 0 Å². The molecular weight excluding hydrogens is 312 g/mol. The molecule has 4 nitrogen and oxygen atoms in total. The summed E-state index contributed by atoms with van der Waals surface area (Å²) in [5, 5.41) is 2.89. The van der Waals surface area contributed by atoms with Gasteiger partial charge in [0, 0.05) is 11.8 Å². The first-order chi connectivity index (χ1) is 12.3. The Morgan fingerprint density at radius 1 is 0.880 bits per heavy atom. The van der Waals surface area contributed by atoms with Gasteiger partial charge < -0.3 is 10.1 Å². The van der Waals surface area contributed by atoms with Crippen LogP contribution in [0.1, 0.15) is 16.8 Å². The van der Waals surface area contributed by atoms with E-state index in [0.29, 0.717) is 19.6 Å². The Balaban J connectivity index is 1.45. The van der Waals surface area contributed by atoms with Crippen molar-refractivity contribution < 1.29 is 9.53 Å². The zero-order valence-corrected chi connectivity index (χ0v) is 13.9. The fourth-order valence-electron chi connectivity index (χ4n) is 2.36. The number of aromatic nitrogens is 1. The van der Waals surface area contributed by atoms with Crippen molar-refractivity contribution in [1.29, 1.82) is 0 Å². The smallest absolute Gasteiger partial charge is 0.224 e. The summed E-state index contributed by atoms with van der Waals surface area (Å²) in [4.78, 5) is 16.3. The predicted octanol–water partition coefficient (Wildman–Crippen LogP) is 3.52. The second-order valence-corrected chi connectivity index (χ2v) is 5.70. The number of ether oxygens (including phenoxy) is 1. The molecule has 1 aromatic heterocycles. The molecule has 0 fully saturated rings. The Kier molecular flexibility index (Phi) is 5.77. The second-order valence-electron chi connectivity index (χ2n) is 5.70. The van der Waals surface area contributed by atoms with Crippen molar-refractivity contribution in [3.05, 3.63) is 95.8 Å². The molecule has 0 aliphatic carbocycles. The Morgan fingerprint density at radius 3 is 2.28 bits per heavy atom. The highest BCUT2D eigenvalue weighted by Gasteiger charge is 2.04. The number of carbonyl (C=O) groups excluding carboxylic acids is 1. The first-order valence-electron chi connectivity index (χ1n) is 8.22. The summed E-state index contributed by atoms with van der Waals surface area (Å²) in [7, 11) is 0. The summed E-state index contributed by atoms with van der Waals surface area (Å²) >= 11 is 0. The van der Waals surface area contributed by atoms with Crippen LogP contribution in [0, 0.1) is 0 Å². The first-order valence-corrected chi connectivity index (χ1v) is 8.22. The number of hydrogen-bond donors (Lipinski definition) is 1. The van der Waals surface area contributed by atoms with E-state index in [9.17, 15) is 4.79 Å². The third kappa shape index (κ3) is 5.46. The molecule has 0 aliphatic heterocycles. The van der Waals surface area contributed by atoms with Crippen LogP contribution in [0.2, 0.25) is 0 Å². The Hall–Kier alpha value is -3.14. The van der Waals surface area contributed by atoms with Gasteiger partial charge in [-0.15, -0.1) is 0 Å². The van der Waals surface area contributed by atoms with Crippen molar-refractivity contribution in [2.45, 2.75) is 19.6 Å². The average molecular weight is 332 g/mol. The summed E-state index contributed by atoms with van der Waals surface area (Å²) in [5.74, 6) is 0.823. The van der Waals surface area contributed by atoms with Gasteiger partial charge in [0.15, 0.2) is 0 Å². The van der Waals surface area contributed by atoms with Crippen molar-refractivity contribution >= 4 is 5.91 Å². The van der Waals surface area contributed by atoms with E-state index in [4.69, 9.17) is 4.74 Å². The number of hydrogen-bond acceptors (Lipinski definition) is 3. The number of nitrogens with one attached hydrogen (secondary N) is 1. The number of nitrogens with zero attached hydrogens (tertiary/aromatic N) is 1. The lowest BCUT2D eigenvalue weighted by Gasteiger charge is -2.08. The van der Waals surface area contributed by atoms with Crippen LogP contribution in [0.15, 0.2) is 79.0 Å². The number of benzene rings is 2. The molecule has 1 amide bonds.